The minimum Gasteiger partial charge on any atom is -0.394 e. The van der Waals surface area contributed by atoms with E-state index in [2.05, 4.69) is 44.1 Å². The summed E-state index contributed by atoms with van der Waals surface area (Å²) in [5, 5.41) is 79.9. The lowest BCUT2D eigenvalue weighted by atomic mass is 10.0. The number of amides is 4. The SMILES string of the molecule is CCCCCCCCCCCCCCCC(=O)NCC(=O)N[C@@H](CO)[C@H](O)N[C@@H](CC(N)=O)[C@H](O)N[C@@H](CCCCNC(=N)N)[C@H](O)N[C@H](C(=O)N[C@@H](CCCC)C(C)=O)C(C)O. The summed E-state index contributed by atoms with van der Waals surface area (Å²) in [5.74, 6) is -3.16. The molecule has 63 heavy (non-hydrogen) atoms. The molecule has 0 spiro atoms. The molecule has 0 radical (unpaired) electrons. The van der Waals surface area contributed by atoms with Crippen molar-refractivity contribution in [3.8, 4) is 0 Å². The molecule has 0 saturated carbocycles. The number of hydrogen-bond donors (Lipinski definition) is 15. The number of nitrogens with one attached hydrogen (secondary N) is 8. The molecule has 0 saturated heterocycles. The van der Waals surface area contributed by atoms with Crippen LogP contribution < -0.4 is 48.7 Å². The van der Waals surface area contributed by atoms with Crippen LogP contribution in [0.4, 0.5) is 0 Å². The number of ketones is 1. The fraction of sp³-hybridized carbons (Fsp3) is 0.860. The molecule has 368 valence electrons. The topological polar surface area (TPSA) is 347 Å². The van der Waals surface area contributed by atoms with Gasteiger partial charge in [0.05, 0.1) is 37.4 Å². The zero-order valence-corrected chi connectivity index (χ0v) is 38.6. The van der Waals surface area contributed by atoms with Gasteiger partial charge >= 0.3 is 0 Å². The van der Waals surface area contributed by atoms with Crippen LogP contribution in [-0.2, 0) is 24.0 Å². The molecule has 0 aromatic carbocycles. The molecule has 0 fully saturated rings. The number of aliphatic hydroxyl groups excluding tert-OH is 5. The van der Waals surface area contributed by atoms with Crippen LogP contribution in [0.3, 0.4) is 0 Å². The summed E-state index contributed by atoms with van der Waals surface area (Å²) in [4.78, 5) is 62.7. The third-order valence-electron chi connectivity index (χ3n) is 10.9. The Hall–Kier alpha value is -3.50. The van der Waals surface area contributed by atoms with Crippen LogP contribution in [0.5, 0.6) is 0 Å². The third kappa shape index (κ3) is 30.3. The molecule has 9 atom stereocenters. The summed E-state index contributed by atoms with van der Waals surface area (Å²) in [6, 6.07) is -6.00. The summed E-state index contributed by atoms with van der Waals surface area (Å²) in [5.41, 5.74) is 10.8. The Kier molecular flexibility index (Phi) is 34.8. The van der Waals surface area contributed by atoms with Crippen LogP contribution in [0.25, 0.3) is 0 Å². The Morgan fingerprint density at radius 1 is 0.603 bits per heavy atom. The smallest absolute Gasteiger partial charge is 0.240 e. The molecule has 1 unspecified atom stereocenters. The average Bonchev–Trinajstić information content (AvgIpc) is 3.22. The molecular formula is C43H86N10O10. The first-order valence-electron chi connectivity index (χ1n) is 23.3. The predicted molar refractivity (Wildman–Crippen MR) is 243 cm³/mol. The highest BCUT2D eigenvalue weighted by molar-refractivity contribution is 5.90. The molecule has 17 N–H and O–H groups in total. The number of carbonyl (C=O) groups excluding carboxylic acids is 5. The number of hydrogen-bond acceptors (Lipinski definition) is 14. The quantitative estimate of drug-likeness (QED) is 0.0167. The second kappa shape index (κ2) is 36.8. The Labute approximate surface area is 375 Å². The van der Waals surface area contributed by atoms with E-state index in [1.165, 1.54) is 71.6 Å². The van der Waals surface area contributed by atoms with Crippen LogP contribution in [0.15, 0.2) is 0 Å². The first-order valence-corrected chi connectivity index (χ1v) is 23.3. The van der Waals surface area contributed by atoms with Gasteiger partial charge in [-0.25, -0.2) is 0 Å². The van der Waals surface area contributed by atoms with Crippen LogP contribution in [0.1, 0.15) is 163 Å². The zero-order valence-electron chi connectivity index (χ0n) is 38.6. The van der Waals surface area contributed by atoms with Gasteiger partial charge in [0.2, 0.25) is 23.6 Å². The van der Waals surface area contributed by atoms with E-state index in [0.717, 1.165) is 25.7 Å². The molecule has 20 heteroatoms. The van der Waals surface area contributed by atoms with Crippen LogP contribution in [0, 0.1) is 5.41 Å². The second-order valence-corrected chi connectivity index (χ2v) is 16.7. The van der Waals surface area contributed by atoms with Crippen molar-refractivity contribution in [2.45, 2.75) is 218 Å². The molecular weight excluding hydrogens is 817 g/mol. The van der Waals surface area contributed by atoms with Crippen molar-refractivity contribution in [3.05, 3.63) is 0 Å². The van der Waals surface area contributed by atoms with Gasteiger partial charge < -0.3 is 58.3 Å². The fourth-order valence-electron chi connectivity index (χ4n) is 7.03. The molecule has 4 amide bonds. The second-order valence-electron chi connectivity index (χ2n) is 16.7. The molecule has 0 aliphatic carbocycles. The van der Waals surface area contributed by atoms with E-state index < -0.39 is 92.3 Å². The highest BCUT2D eigenvalue weighted by Gasteiger charge is 2.34. The Bertz CT molecular complexity index is 1280. The van der Waals surface area contributed by atoms with E-state index in [1.807, 2.05) is 6.92 Å². The van der Waals surface area contributed by atoms with Crippen LogP contribution in [-0.4, -0.2) is 136 Å². The van der Waals surface area contributed by atoms with E-state index >= 15 is 0 Å². The summed E-state index contributed by atoms with van der Waals surface area (Å²) < 4.78 is 0. The van der Waals surface area contributed by atoms with Crippen LogP contribution >= 0.6 is 0 Å². The Morgan fingerprint density at radius 2 is 1.13 bits per heavy atom. The zero-order chi connectivity index (χ0) is 47.6. The van der Waals surface area contributed by atoms with E-state index in [0.29, 0.717) is 38.6 Å². The van der Waals surface area contributed by atoms with Gasteiger partial charge in [-0.05, 0) is 46.0 Å². The van der Waals surface area contributed by atoms with Crippen molar-refractivity contribution < 1.29 is 49.5 Å². The third-order valence-corrected chi connectivity index (χ3v) is 10.9. The van der Waals surface area contributed by atoms with Gasteiger partial charge in [-0.2, -0.15) is 0 Å². The fourth-order valence-corrected chi connectivity index (χ4v) is 7.03. The number of carbonyl (C=O) groups is 5. The first-order chi connectivity index (χ1) is 30.0. The molecule has 20 nitrogen and oxygen atoms in total. The maximum absolute atomic E-state index is 13.3. The summed E-state index contributed by atoms with van der Waals surface area (Å²) in [6.07, 6.45) is 11.3. The number of guanidine groups is 1. The lowest BCUT2D eigenvalue weighted by Crippen LogP contribution is -2.64. The molecule has 0 bridgehead atoms. The van der Waals surface area contributed by atoms with Crippen molar-refractivity contribution in [2.24, 2.45) is 11.5 Å². The van der Waals surface area contributed by atoms with Crippen molar-refractivity contribution in [2.75, 3.05) is 19.7 Å². The summed E-state index contributed by atoms with van der Waals surface area (Å²) in [6.45, 7) is 5.95. The molecule has 0 aromatic heterocycles. The van der Waals surface area contributed by atoms with E-state index in [4.69, 9.17) is 16.9 Å². The lowest BCUT2D eigenvalue weighted by Gasteiger charge is -2.35. The first kappa shape index (κ1) is 59.5. The van der Waals surface area contributed by atoms with Gasteiger partial charge in [0, 0.05) is 25.4 Å². The number of nitrogens with two attached hydrogens (primary N) is 2. The molecule has 0 aromatic rings. The number of primary amides is 1. The molecule has 0 rings (SSSR count). The van der Waals surface area contributed by atoms with Crippen molar-refractivity contribution >= 4 is 35.4 Å². The predicted octanol–water partition coefficient (Wildman–Crippen LogP) is 0.0644. The summed E-state index contributed by atoms with van der Waals surface area (Å²) in [7, 11) is 0. The highest BCUT2D eigenvalue weighted by atomic mass is 16.3. The molecule has 0 heterocycles. The minimum atomic E-state index is -1.74. The van der Waals surface area contributed by atoms with Gasteiger partial charge in [0.1, 0.15) is 24.7 Å². The number of rotatable bonds is 41. The maximum Gasteiger partial charge on any atom is 0.240 e. The standard InChI is InChI=1S/C43H86N10O10/c1-5-7-9-10-11-12-13-14-15-16-17-18-19-24-36(58)48-27-37(59)49-34(28-54)41(62)52-33(26-35(44)57)40(61)51-32(23-20-21-25-47-43(45)46)39(60)53-38(30(4)56)42(63)50-31(29(3)55)22-8-6-2/h30-34,38-41,51-54,56,60-62H,5-28H2,1-4H3,(H2,44,57)(H,48,58)(H,49,59)(H,50,63)(H4,45,46,47)/t30?,31-,32-,33-,34-,38-,39-,40-,41-/m0/s1. The largest absolute Gasteiger partial charge is 0.394 e. The van der Waals surface area contributed by atoms with Gasteiger partial charge in [0.15, 0.2) is 11.7 Å². The highest BCUT2D eigenvalue weighted by Crippen LogP contribution is 2.14. The Morgan fingerprint density at radius 3 is 1.63 bits per heavy atom. The lowest BCUT2D eigenvalue weighted by molar-refractivity contribution is -0.131. The van der Waals surface area contributed by atoms with E-state index in [9.17, 15) is 49.5 Å². The monoisotopic (exact) mass is 903 g/mol. The van der Waals surface area contributed by atoms with Crippen LogP contribution in [0.2, 0.25) is 0 Å². The summed E-state index contributed by atoms with van der Waals surface area (Å²) >= 11 is 0. The molecule has 0 aliphatic heterocycles. The number of Topliss-reactive ketones (excluding diaryl/α,β-unsaturated/α-hetero) is 1. The Balaban J connectivity index is 5.41. The van der Waals surface area contributed by atoms with Gasteiger partial charge in [-0.15, -0.1) is 0 Å². The van der Waals surface area contributed by atoms with E-state index in [-0.39, 0.29) is 30.5 Å². The van der Waals surface area contributed by atoms with Gasteiger partial charge in [-0.3, -0.25) is 45.3 Å². The van der Waals surface area contributed by atoms with Gasteiger partial charge in [0.25, 0.3) is 0 Å². The van der Waals surface area contributed by atoms with E-state index in [1.54, 1.807) is 0 Å². The van der Waals surface area contributed by atoms with Gasteiger partial charge in [-0.1, -0.05) is 104 Å². The van der Waals surface area contributed by atoms with Crippen molar-refractivity contribution in [3.63, 3.8) is 0 Å². The number of unbranched alkanes of at least 4 members (excludes halogenated alkanes) is 14. The number of aliphatic hydroxyl groups is 5. The van der Waals surface area contributed by atoms with Crippen molar-refractivity contribution in [1.29, 1.82) is 5.41 Å². The molecule has 0 aliphatic rings. The maximum atomic E-state index is 13.3. The normalized spacial score (nSPS) is 15.8. The minimum absolute atomic E-state index is 0.123. The van der Waals surface area contributed by atoms with Crippen molar-refractivity contribution in [1.82, 2.24) is 37.2 Å². The average molecular weight is 903 g/mol.